The van der Waals surface area contributed by atoms with Gasteiger partial charge in [-0.2, -0.15) is 0 Å². The summed E-state index contributed by atoms with van der Waals surface area (Å²) in [6.07, 6.45) is 3.30. The molecule has 0 bridgehead atoms. The van der Waals surface area contributed by atoms with Gasteiger partial charge in [0, 0.05) is 12.5 Å². The number of carbonyl (C=O) groups is 1. The summed E-state index contributed by atoms with van der Waals surface area (Å²) < 4.78 is 27.6. The van der Waals surface area contributed by atoms with E-state index in [-0.39, 0.29) is 35.2 Å². The lowest BCUT2D eigenvalue weighted by Crippen LogP contribution is -2.28. The standard InChI is InChI=1S/C19H23N3O3S.ClH/c20-16-10-6-7-14(16)13-19(23)21-17-11-4-5-12-18(17)22-26(24,25)15-8-2-1-3-9-15;/h1-5,8-9,11-12,14,16,22H,6-7,10,13,20H2,(H,21,23);1H/t14-,16+;/m0./s1. The molecule has 0 spiro atoms. The third-order valence-corrected chi connectivity index (χ3v) is 6.05. The number of hydrogen-bond acceptors (Lipinski definition) is 4. The zero-order valence-electron chi connectivity index (χ0n) is 14.8. The molecule has 0 aliphatic heterocycles. The molecule has 8 heteroatoms. The van der Waals surface area contributed by atoms with Gasteiger partial charge in [-0.3, -0.25) is 9.52 Å². The molecule has 27 heavy (non-hydrogen) atoms. The van der Waals surface area contributed by atoms with Crippen molar-refractivity contribution in [3.8, 4) is 0 Å². The quantitative estimate of drug-likeness (QED) is 0.680. The highest BCUT2D eigenvalue weighted by Crippen LogP contribution is 2.29. The number of hydrogen-bond donors (Lipinski definition) is 3. The molecule has 0 unspecified atom stereocenters. The minimum Gasteiger partial charge on any atom is -0.327 e. The Morgan fingerprint density at radius 2 is 1.63 bits per heavy atom. The average molecular weight is 410 g/mol. The van der Waals surface area contributed by atoms with Crippen LogP contribution in [-0.4, -0.2) is 20.4 Å². The fourth-order valence-electron chi connectivity index (χ4n) is 3.24. The smallest absolute Gasteiger partial charge is 0.261 e. The molecule has 6 nitrogen and oxygen atoms in total. The SMILES string of the molecule is Cl.N[C@@H]1CCC[C@H]1CC(=O)Nc1ccccc1NS(=O)(=O)c1ccccc1. The van der Waals surface area contributed by atoms with Crippen LogP contribution in [0, 0.1) is 5.92 Å². The highest BCUT2D eigenvalue weighted by Gasteiger charge is 2.26. The number of sulfonamides is 1. The predicted molar refractivity (Wildman–Crippen MR) is 110 cm³/mol. The Bertz CT molecular complexity index is 875. The Labute approximate surface area is 166 Å². The highest BCUT2D eigenvalue weighted by atomic mass is 35.5. The lowest BCUT2D eigenvalue weighted by atomic mass is 10.00. The number of para-hydroxylation sites is 2. The van der Waals surface area contributed by atoms with Crippen molar-refractivity contribution in [2.45, 2.75) is 36.6 Å². The zero-order valence-corrected chi connectivity index (χ0v) is 16.4. The molecule has 0 aromatic heterocycles. The lowest BCUT2D eigenvalue weighted by Gasteiger charge is -2.17. The molecular weight excluding hydrogens is 386 g/mol. The Kier molecular flexibility index (Phi) is 7.24. The maximum absolute atomic E-state index is 12.5. The first kappa shape index (κ1) is 21.2. The van der Waals surface area contributed by atoms with Crippen LogP contribution < -0.4 is 15.8 Å². The molecule has 1 aliphatic carbocycles. The molecule has 4 N–H and O–H groups in total. The molecule has 2 atom stereocenters. The first-order valence-electron chi connectivity index (χ1n) is 8.68. The largest absolute Gasteiger partial charge is 0.327 e. The van der Waals surface area contributed by atoms with E-state index in [0.717, 1.165) is 19.3 Å². The van der Waals surface area contributed by atoms with Crippen LogP contribution in [0.2, 0.25) is 0 Å². The maximum atomic E-state index is 12.5. The van der Waals surface area contributed by atoms with Crippen LogP contribution in [0.3, 0.4) is 0 Å². The molecule has 0 saturated heterocycles. The van der Waals surface area contributed by atoms with E-state index in [4.69, 9.17) is 5.73 Å². The molecular formula is C19H24ClN3O3S. The summed E-state index contributed by atoms with van der Waals surface area (Å²) in [4.78, 5) is 12.5. The van der Waals surface area contributed by atoms with E-state index < -0.39 is 10.0 Å². The normalized spacial score (nSPS) is 19.1. The summed E-state index contributed by atoms with van der Waals surface area (Å²) in [5, 5.41) is 2.81. The maximum Gasteiger partial charge on any atom is 0.261 e. The number of benzene rings is 2. The van der Waals surface area contributed by atoms with E-state index in [2.05, 4.69) is 10.0 Å². The van der Waals surface area contributed by atoms with Crippen LogP contribution in [0.4, 0.5) is 11.4 Å². The van der Waals surface area contributed by atoms with Gasteiger partial charge in [-0.25, -0.2) is 8.42 Å². The predicted octanol–water partition coefficient (Wildman–Crippen LogP) is 3.37. The van der Waals surface area contributed by atoms with Crippen molar-refractivity contribution in [3.05, 3.63) is 54.6 Å². The topological polar surface area (TPSA) is 101 Å². The van der Waals surface area contributed by atoms with E-state index in [1.165, 1.54) is 12.1 Å². The van der Waals surface area contributed by atoms with Gasteiger partial charge in [0.15, 0.2) is 0 Å². The summed E-state index contributed by atoms with van der Waals surface area (Å²) in [5.74, 6) is 0.0295. The number of anilines is 2. The second-order valence-electron chi connectivity index (χ2n) is 6.57. The van der Waals surface area contributed by atoms with Crippen LogP contribution in [-0.2, 0) is 14.8 Å². The summed E-state index contributed by atoms with van der Waals surface area (Å²) >= 11 is 0. The van der Waals surface area contributed by atoms with Gasteiger partial charge in [-0.15, -0.1) is 12.4 Å². The van der Waals surface area contributed by atoms with Crippen molar-refractivity contribution in [2.24, 2.45) is 11.7 Å². The minimum absolute atomic E-state index is 0. The van der Waals surface area contributed by atoms with E-state index in [1.807, 2.05) is 0 Å². The van der Waals surface area contributed by atoms with E-state index in [1.54, 1.807) is 42.5 Å². The number of carbonyl (C=O) groups excluding carboxylic acids is 1. The summed E-state index contributed by atoms with van der Waals surface area (Å²) in [6, 6.07) is 14.9. The summed E-state index contributed by atoms with van der Waals surface area (Å²) in [7, 11) is -3.72. The molecule has 2 aromatic carbocycles. The van der Waals surface area contributed by atoms with Gasteiger partial charge in [0.25, 0.3) is 10.0 Å². The van der Waals surface area contributed by atoms with E-state index in [0.29, 0.717) is 17.8 Å². The fraction of sp³-hybridized carbons (Fsp3) is 0.316. The van der Waals surface area contributed by atoms with Crippen LogP contribution in [0.25, 0.3) is 0 Å². The molecule has 1 aliphatic rings. The van der Waals surface area contributed by atoms with Crippen LogP contribution >= 0.6 is 12.4 Å². The zero-order chi connectivity index (χ0) is 18.6. The molecule has 0 radical (unpaired) electrons. The molecule has 2 aromatic rings. The van der Waals surface area contributed by atoms with Crippen molar-refractivity contribution in [1.82, 2.24) is 0 Å². The highest BCUT2D eigenvalue weighted by molar-refractivity contribution is 7.92. The van der Waals surface area contributed by atoms with Gasteiger partial charge in [-0.1, -0.05) is 36.8 Å². The number of amides is 1. The molecule has 1 saturated carbocycles. The number of halogens is 1. The molecule has 0 heterocycles. The van der Waals surface area contributed by atoms with Gasteiger partial charge in [0.1, 0.15) is 0 Å². The van der Waals surface area contributed by atoms with Crippen LogP contribution in [0.5, 0.6) is 0 Å². The lowest BCUT2D eigenvalue weighted by molar-refractivity contribution is -0.117. The van der Waals surface area contributed by atoms with Crippen molar-refractivity contribution >= 4 is 39.7 Å². The number of nitrogens with one attached hydrogen (secondary N) is 2. The van der Waals surface area contributed by atoms with Crippen molar-refractivity contribution < 1.29 is 13.2 Å². The van der Waals surface area contributed by atoms with E-state index >= 15 is 0 Å². The number of rotatable bonds is 6. The Morgan fingerprint density at radius 3 is 2.26 bits per heavy atom. The monoisotopic (exact) mass is 409 g/mol. The van der Waals surface area contributed by atoms with Crippen LogP contribution in [0.1, 0.15) is 25.7 Å². The third kappa shape index (κ3) is 5.45. The van der Waals surface area contributed by atoms with E-state index in [9.17, 15) is 13.2 Å². The van der Waals surface area contributed by atoms with Gasteiger partial charge in [-0.05, 0) is 43.0 Å². The van der Waals surface area contributed by atoms with Gasteiger partial charge < -0.3 is 11.1 Å². The van der Waals surface area contributed by atoms with Crippen molar-refractivity contribution in [3.63, 3.8) is 0 Å². The first-order chi connectivity index (χ1) is 12.5. The van der Waals surface area contributed by atoms with Gasteiger partial charge in [0.2, 0.25) is 5.91 Å². The second-order valence-corrected chi connectivity index (χ2v) is 8.25. The molecule has 146 valence electrons. The summed E-state index contributed by atoms with van der Waals surface area (Å²) in [5.41, 5.74) is 6.79. The third-order valence-electron chi connectivity index (χ3n) is 4.66. The Hall–Kier alpha value is -2.09. The fourth-order valence-corrected chi connectivity index (χ4v) is 4.34. The molecule has 1 amide bonds. The molecule has 3 rings (SSSR count). The second kappa shape index (κ2) is 9.21. The van der Waals surface area contributed by atoms with Crippen molar-refractivity contribution in [2.75, 3.05) is 10.0 Å². The van der Waals surface area contributed by atoms with Gasteiger partial charge >= 0.3 is 0 Å². The summed E-state index contributed by atoms with van der Waals surface area (Å²) in [6.45, 7) is 0. The Balaban J connectivity index is 0.00000261. The van der Waals surface area contributed by atoms with Crippen LogP contribution in [0.15, 0.2) is 59.5 Å². The van der Waals surface area contributed by atoms with Gasteiger partial charge in [0.05, 0.1) is 16.3 Å². The number of nitrogens with two attached hydrogens (primary N) is 1. The average Bonchev–Trinajstić information content (AvgIpc) is 3.02. The Morgan fingerprint density at radius 1 is 1.00 bits per heavy atom. The van der Waals surface area contributed by atoms with Crippen molar-refractivity contribution in [1.29, 1.82) is 0 Å². The molecule has 1 fully saturated rings. The minimum atomic E-state index is -3.72. The first-order valence-corrected chi connectivity index (χ1v) is 10.2.